The summed E-state index contributed by atoms with van der Waals surface area (Å²) < 4.78 is 6.97. The van der Waals surface area contributed by atoms with Gasteiger partial charge in [0.25, 0.3) is 5.91 Å². The zero-order valence-electron chi connectivity index (χ0n) is 15.8. The predicted molar refractivity (Wildman–Crippen MR) is 99.2 cm³/mol. The van der Waals surface area contributed by atoms with E-state index in [0.29, 0.717) is 12.1 Å². The third-order valence-corrected chi connectivity index (χ3v) is 5.21. The second-order valence-electron chi connectivity index (χ2n) is 7.34. The van der Waals surface area contributed by atoms with Crippen molar-refractivity contribution >= 4 is 5.91 Å². The number of carbonyl (C=O) groups is 1. The van der Waals surface area contributed by atoms with Crippen LogP contribution in [0.4, 0.5) is 0 Å². The fraction of sp³-hybridized carbons (Fsp3) is 0.500. The van der Waals surface area contributed by atoms with Crippen LogP contribution in [0.2, 0.25) is 0 Å². The summed E-state index contributed by atoms with van der Waals surface area (Å²) in [6.45, 7) is 6.47. The lowest BCUT2D eigenvalue weighted by atomic mass is 9.86. The van der Waals surface area contributed by atoms with Gasteiger partial charge in [-0.25, -0.2) is 0 Å². The molecule has 0 spiro atoms. The van der Waals surface area contributed by atoms with Gasteiger partial charge < -0.3 is 14.7 Å². The normalized spacial score (nSPS) is 19.6. The summed E-state index contributed by atoms with van der Waals surface area (Å²) in [6, 6.07) is 7.31. The van der Waals surface area contributed by atoms with Crippen LogP contribution in [0, 0.1) is 0 Å². The summed E-state index contributed by atoms with van der Waals surface area (Å²) >= 11 is 0. The first kappa shape index (κ1) is 18.5. The van der Waals surface area contributed by atoms with Crippen LogP contribution in [0.5, 0.6) is 5.75 Å². The maximum atomic E-state index is 13.0. The van der Waals surface area contributed by atoms with Gasteiger partial charge in [0.2, 0.25) is 0 Å². The first-order chi connectivity index (χ1) is 12.3. The van der Waals surface area contributed by atoms with E-state index in [4.69, 9.17) is 4.74 Å². The quantitative estimate of drug-likeness (QED) is 0.893. The highest BCUT2D eigenvalue weighted by Gasteiger charge is 2.43. The van der Waals surface area contributed by atoms with Crippen LogP contribution in [-0.2, 0) is 5.60 Å². The Kier molecular flexibility index (Phi) is 5.05. The van der Waals surface area contributed by atoms with E-state index in [1.54, 1.807) is 36.0 Å². The minimum Gasteiger partial charge on any atom is -0.497 e. The lowest BCUT2D eigenvalue weighted by molar-refractivity contribution is -0.0177. The summed E-state index contributed by atoms with van der Waals surface area (Å²) in [5.41, 5.74) is 0.212. The molecule has 140 valence electrons. The molecular weight excluding hydrogens is 330 g/mol. The van der Waals surface area contributed by atoms with E-state index in [9.17, 15) is 9.90 Å². The standard InChI is InChI=1S/C20H27N3O3/c1-14(2)23-13-15(12-21-23)19(24)22-11-5-6-18(22)20(3,25)16-7-9-17(26-4)10-8-16/h7-10,12-14,18,25H,5-6,11H2,1-4H3/t18-,20-/m1/s1. The minimum atomic E-state index is -1.13. The van der Waals surface area contributed by atoms with Crippen molar-refractivity contribution in [1.29, 1.82) is 0 Å². The first-order valence-corrected chi connectivity index (χ1v) is 9.06. The molecule has 1 aliphatic rings. The van der Waals surface area contributed by atoms with Gasteiger partial charge in [-0.05, 0) is 51.3 Å². The average Bonchev–Trinajstić information content (AvgIpc) is 3.31. The van der Waals surface area contributed by atoms with Crippen molar-refractivity contribution in [2.45, 2.75) is 51.3 Å². The van der Waals surface area contributed by atoms with Crippen molar-refractivity contribution in [2.75, 3.05) is 13.7 Å². The molecule has 0 radical (unpaired) electrons. The number of likely N-dealkylation sites (tertiary alicyclic amines) is 1. The molecule has 1 saturated heterocycles. The Morgan fingerprint density at radius 2 is 2.04 bits per heavy atom. The van der Waals surface area contributed by atoms with Crippen LogP contribution >= 0.6 is 0 Å². The number of hydrogen-bond acceptors (Lipinski definition) is 4. The summed E-state index contributed by atoms with van der Waals surface area (Å²) in [4.78, 5) is 14.8. The Morgan fingerprint density at radius 1 is 1.35 bits per heavy atom. The fourth-order valence-corrected chi connectivity index (χ4v) is 3.61. The van der Waals surface area contributed by atoms with Gasteiger partial charge >= 0.3 is 0 Å². The molecule has 2 heterocycles. The van der Waals surface area contributed by atoms with Crippen LogP contribution in [0.1, 0.15) is 55.6 Å². The number of ether oxygens (including phenoxy) is 1. The summed E-state index contributed by atoms with van der Waals surface area (Å²) in [5.74, 6) is 0.665. The maximum absolute atomic E-state index is 13.0. The zero-order valence-corrected chi connectivity index (χ0v) is 15.8. The zero-order chi connectivity index (χ0) is 18.9. The number of rotatable bonds is 5. The SMILES string of the molecule is COc1ccc([C@@](C)(O)[C@H]2CCCN2C(=O)c2cnn(C(C)C)c2)cc1. The summed E-state index contributed by atoms with van der Waals surface area (Å²) in [5, 5.41) is 15.5. The second-order valence-corrected chi connectivity index (χ2v) is 7.34. The Balaban J connectivity index is 1.84. The first-order valence-electron chi connectivity index (χ1n) is 9.06. The topological polar surface area (TPSA) is 67.6 Å². The second kappa shape index (κ2) is 7.11. The molecule has 1 aromatic heterocycles. The number of amides is 1. The largest absolute Gasteiger partial charge is 0.497 e. The molecule has 0 unspecified atom stereocenters. The van der Waals surface area contributed by atoms with Crippen LogP contribution in [0.3, 0.4) is 0 Å². The van der Waals surface area contributed by atoms with Crippen molar-refractivity contribution in [2.24, 2.45) is 0 Å². The highest BCUT2D eigenvalue weighted by Crippen LogP contribution is 2.36. The molecule has 1 amide bonds. The van der Waals surface area contributed by atoms with Crippen molar-refractivity contribution in [1.82, 2.24) is 14.7 Å². The number of methoxy groups -OCH3 is 1. The van der Waals surface area contributed by atoms with E-state index < -0.39 is 5.60 Å². The van der Waals surface area contributed by atoms with Crippen molar-refractivity contribution in [3.63, 3.8) is 0 Å². The van der Waals surface area contributed by atoms with Crippen molar-refractivity contribution in [3.05, 3.63) is 47.8 Å². The van der Waals surface area contributed by atoms with Gasteiger partial charge in [0.15, 0.2) is 0 Å². The molecule has 2 atom stereocenters. The highest BCUT2D eigenvalue weighted by atomic mass is 16.5. The maximum Gasteiger partial charge on any atom is 0.257 e. The van der Waals surface area contributed by atoms with Crippen molar-refractivity contribution < 1.29 is 14.6 Å². The van der Waals surface area contributed by atoms with E-state index in [1.165, 1.54) is 0 Å². The molecule has 6 heteroatoms. The van der Waals surface area contributed by atoms with E-state index in [0.717, 1.165) is 24.2 Å². The molecular formula is C20H27N3O3. The third kappa shape index (κ3) is 3.33. The van der Waals surface area contributed by atoms with E-state index in [-0.39, 0.29) is 18.0 Å². The molecule has 2 aromatic rings. The Labute approximate surface area is 154 Å². The Hall–Kier alpha value is -2.34. The molecule has 0 aliphatic carbocycles. The van der Waals surface area contributed by atoms with Gasteiger partial charge in [0.05, 0.1) is 24.9 Å². The third-order valence-electron chi connectivity index (χ3n) is 5.21. The van der Waals surface area contributed by atoms with Gasteiger partial charge in [-0.1, -0.05) is 12.1 Å². The summed E-state index contributed by atoms with van der Waals surface area (Å²) in [6.07, 6.45) is 5.04. The molecule has 1 N–H and O–H groups in total. The molecule has 0 bridgehead atoms. The van der Waals surface area contributed by atoms with Gasteiger partial charge in [-0.3, -0.25) is 9.48 Å². The van der Waals surface area contributed by atoms with Crippen molar-refractivity contribution in [3.8, 4) is 5.75 Å². The van der Waals surface area contributed by atoms with Gasteiger partial charge in [0, 0.05) is 18.8 Å². The van der Waals surface area contributed by atoms with Crippen LogP contribution in [0.15, 0.2) is 36.7 Å². The van der Waals surface area contributed by atoms with Gasteiger partial charge in [-0.15, -0.1) is 0 Å². The van der Waals surface area contributed by atoms with Crippen LogP contribution in [-0.4, -0.2) is 45.4 Å². The molecule has 1 fully saturated rings. The lowest BCUT2D eigenvalue weighted by Gasteiger charge is -2.37. The monoisotopic (exact) mass is 357 g/mol. The van der Waals surface area contributed by atoms with Crippen LogP contribution < -0.4 is 4.74 Å². The molecule has 6 nitrogen and oxygen atoms in total. The van der Waals surface area contributed by atoms with E-state index in [1.807, 2.05) is 38.1 Å². The number of aliphatic hydroxyl groups is 1. The smallest absolute Gasteiger partial charge is 0.257 e. The number of aromatic nitrogens is 2. The number of nitrogens with zero attached hydrogens (tertiary/aromatic N) is 3. The lowest BCUT2D eigenvalue weighted by Crippen LogP contribution is -2.48. The predicted octanol–water partition coefficient (Wildman–Crippen LogP) is 2.98. The Morgan fingerprint density at radius 3 is 2.62 bits per heavy atom. The van der Waals surface area contributed by atoms with E-state index >= 15 is 0 Å². The average molecular weight is 357 g/mol. The molecule has 3 rings (SSSR count). The fourth-order valence-electron chi connectivity index (χ4n) is 3.61. The minimum absolute atomic E-state index is 0.0758. The molecule has 1 aromatic carbocycles. The number of carbonyl (C=O) groups excluding carboxylic acids is 1. The van der Waals surface area contributed by atoms with Gasteiger partial charge in [0.1, 0.15) is 11.4 Å². The van der Waals surface area contributed by atoms with E-state index in [2.05, 4.69) is 5.10 Å². The summed E-state index contributed by atoms with van der Waals surface area (Å²) in [7, 11) is 1.61. The molecule has 1 aliphatic heterocycles. The number of hydrogen-bond donors (Lipinski definition) is 1. The Bertz CT molecular complexity index is 765. The van der Waals surface area contributed by atoms with Crippen LogP contribution in [0.25, 0.3) is 0 Å². The highest BCUT2D eigenvalue weighted by molar-refractivity contribution is 5.94. The molecule has 0 saturated carbocycles. The molecule has 26 heavy (non-hydrogen) atoms. The van der Waals surface area contributed by atoms with Gasteiger partial charge in [-0.2, -0.15) is 5.10 Å². The number of benzene rings is 1.